The monoisotopic (exact) mass is 278 g/mol. The summed E-state index contributed by atoms with van der Waals surface area (Å²) in [7, 11) is 0. The maximum atomic E-state index is 12.8. The van der Waals surface area contributed by atoms with Gasteiger partial charge in [0.2, 0.25) is 0 Å². The average Bonchev–Trinajstić information content (AvgIpc) is 2.39. The Bertz CT molecular complexity index is 581. The Hall–Kier alpha value is -1.87. The van der Waals surface area contributed by atoms with Crippen molar-refractivity contribution in [1.82, 2.24) is 0 Å². The summed E-state index contributed by atoms with van der Waals surface area (Å²) >= 11 is 6.03. The highest BCUT2D eigenvalue weighted by Gasteiger charge is 2.22. The van der Waals surface area contributed by atoms with E-state index in [0.717, 1.165) is 5.56 Å². The van der Waals surface area contributed by atoms with Crippen molar-refractivity contribution in [2.45, 2.75) is 12.3 Å². The van der Waals surface area contributed by atoms with Crippen LogP contribution in [0.2, 0.25) is 5.02 Å². The summed E-state index contributed by atoms with van der Waals surface area (Å²) in [6, 6.07) is 12.7. The molecule has 1 unspecified atom stereocenters. The van der Waals surface area contributed by atoms with Gasteiger partial charge in [-0.15, -0.1) is 0 Å². The number of carbonyl (C=O) groups is 1. The van der Waals surface area contributed by atoms with Crippen molar-refractivity contribution in [1.29, 1.82) is 0 Å². The maximum Gasteiger partial charge on any atom is 0.311 e. The summed E-state index contributed by atoms with van der Waals surface area (Å²) in [5.74, 6) is -2.02. The summed E-state index contributed by atoms with van der Waals surface area (Å²) in [6.45, 7) is 0. The lowest BCUT2D eigenvalue weighted by Gasteiger charge is -2.14. The average molecular weight is 279 g/mol. The Balaban J connectivity index is 2.29. The number of carboxylic acids is 1. The molecular weight excluding hydrogens is 267 g/mol. The predicted molar refractivity (Wildman–Crippen MR) is 71.9 cm³/mol. The highest BCUT2D eigenvalue weighted by Crippen LogP contribution is 2.27. The lowest BCUT2D eigenvalue weighted by molar-refractivity contribution is -0.138. The van der Waals surface area contributed by atoms with E-state index in [1.54, 1.807) is 36.4 Å². The molecule has 2 nitrogen and oxygen atoms in total. The minimum absolute atomic E-state index is 0.277. The van der Waals surface area contributed by atoms with Gasteiger partial charge in [0.1, 0.15) is 5.82 Å². The number of benzene rings is 2. The molecule has 0 aliphatic heterocycles. The third-order valence-corrected chi connectivity index (χ3v) is 3.28. The summed E-state index contributed by atoms with van der Waals surface area (Å²) in [5, 5.41) is 9.76. The molecular formula is C15H12ClFO2. The second kappa shape index (κ2) is 5.85. The third-order valence-electron chi connectivity index (χ3n) is 2.93. The fourth-order valence-corrected chi connectivity index (χ4v) is 2.21. The lowest BCUT2D eigenvalue weighted by Crippen LogP contribution is -2.15. The number of aliphatic carboxylic acids is 1. The first kappa shape index (κ1) is 13.6. The number of rotatable bonds is 4. The topological polar surface area (TPSA) is 37.3 Å². The Labute approximate surface area is 115 Å². The first-order valence-corrected chi connectivity index (χ1v) is 6.17. The van der Waals surface area contributed by atoms with Gasteiger partial charge in [0.05, 0.1) is 5.92 Å². The molecule has 2 aromatic rings. The Kier molecular flexibility index (Phi) is 4.17. The van der Waals surface area contributed by atoms with Crippen LogP contribution in [0.15, 0.2) is 48.5 Å². The summed E-state index contributed by atoms with van der Waals surface area (Å²) < 4.78 is 12.8. The van der Waals surface area contributed by atoms with Crippen LogP contribution in [0, 0.1) is 5.82 Å². The van der Waals surface area contributed by atoms with E-state index in [1.807, 2.05) is 0 Å². The van der Waals surface area contributed by atoms with Crippen molar-refractivity contribution in [2.24, 2.45) is 0 Å². The van der Waals surface area contributed by atoms with Crippen LogP contribution >= 0.6 is 11.6 Å². The molecule has 19 heavy (non-hydrogen) atoms. The molecule has 0 spiro atoms. The van der Waals surface area contributed by atoms with E-state index in [-0.39, 0.29) is 12.2 Å². The summed E-state index contributed by atoms with van der Waals surface area (Å²) in [4.78, 5) is 11.4. The van der Waals surface area contributed by atoms with Gasteiger partial charge in [-0.05, 0) is 35.7 Å². The van der Waals surface area contributed by atoms with Gasteiger partial charge in [-0.25, -0.2) is 4.39 Å². The molecule has 2 aromatic carbocycles. The smallest absolute Gasteiger partial charge is 0.311 e. The molecule has 0 saturated carbocycles. The highest BCUT2D eigenvalue weighted by atomic mass is 35.5. The fraction of sp³-hybridized carbons (Fsp3) is 0.133. The zero-order chi connectivity index (χ0) is 13.8. The minimum atomic E-state index is -0.947. The van der Waals surface area contributed by atoms with Crippen molar-refractivity contribution in [2.75, 3.05) is 0 Å². The van der Waals surface area contributed by atoms with Crippen molar-refractivity contribution in [3.63, 3.8) is 0 Å². The van der Waals surface area contributed by atoms with Crippen molar-refractivity contribution < 1.29 is 14.3 Å². The van der Waals surface area contributed by atoms with Gasteiger partial charge in [-0.3, -0.25) is 4.79 Å². The lowest BCUT2D eigenvalue weighted by atomic mass is 9.92. The van der Waals surface area contributed by atoms with Crippen molar-refractivity contribution >= 4 is 17.6 Å². The van der Waals surface area contributed by atoms with Crippen LogP contribution in [0.3, 0.4) is 0 Å². The van der Waals surface area contributed by atoms with E-state index in [2.05, 4.69) is 0 Å². The molecule has 0 bridgehead atoms. The summed E-state index contributed by atoms with van der Waals surface area (Å²) in [6.07, 6.45) is 0.277. The van der Waals surface area contributed by atoms with E-state index in [9.17, 15) is 14.3 Å². The molecule has 0 aromatic heterocycles. The Morgan fingerprint density at radius 3 is 2.37 bits per heavy atom. The molecule has 1 atom stereocenters. The maximum absolute atomic E-state index is 12.8. The van der Waals surface area contributed by atoms with Gasteiger partial charge in [-0.1, -0.05) is 41.9 Å². The first-order chi connectivity index (χ1) is 9.08. The van der Waals surface area contributed by atoms with Crippen LogP contribution in [0.25, 0.3) is 0 Å². The molecule has 0 aliphatic rings. The molecule has 0 radical (unpaired) electrons. The van der Waals surface area contributed by atoms with Gasteiger partial charge in [0.25, 0.3) is 0 Å². The van der Waals surface area contributed by atoms with E-state index in [4.69, 9.17) is 11.6 Å². The molecule has 2 rings (SSSR count). The van der Waals surface area contributed by atoms with Gasteiger partial charge in [-0.2, -0.15) is 0 Å². The number of carboxylic acid groups (broad SMARTS) is 1. The van der Waals surface area contributed by atoms with Crippen LogP contribution in [0.4, 0.5) is 4.39 Å². The van der Waals surface area contributed by atoms with Crippen molar-refractivity contribution in [3.8, 4) is 0 Å². The van der Waals surface area contributed by atoms with E-state index in [0.29, 0.717) is 10.6 Å². The molecule has 1 N–H and O–H groups in total. The van der Waals surface area contributed by atoms with Crippen LogP contribution < -0.4 is 0 Å². The van der Waals surface area contributed by atoms with Crippen LogP contribution in [0.1, 0.15) is 17.0 Å². The minimum Gasteiger partial charge on any atom is -0.481 e. The van der Waals surface area contributed by atoms with Crippen LogP contribution in [0.5, 0.6) is 0 Å². The van der Waals surface area contributed by atoms with Crippen LogP contribution in [-0.4, -0.2) is 11.1 Å². The van der Waals surface area contributed by atoms with E-state index < -0.39 is 11.9 Å². The highest BCUT2D eigenvalue weighted by molar-refractivity contribution is 6.31. The second-order valence-corrected chi connectivity index (χ2v) is 4.65. The van der Waals surface area contributed by atoms with Gasteiger partial charge in [0, 0.05) is 5.02 Å². The van der Waals surface area contributed by atoms with Gasteiger partial charge >= 0.3 is 5.97 Å². The number of hydrogen-bond acceptors (Lipinski definition) is 1. The zero-order valence-corrected chi connectivity index (χ0v) is 10.8. The van der Waals surface area contributed by atoms with E-state index in [1.165, 1.54) is 12.1 Å². The first-order valence-electron chi connectivity index (χ1n) is 5.79. The van der Waals surface area contributed by atoms with Gasteiger partial charge in [0.15, 0.2) is 0 Å². The van der Waals surface area contributed by atoms with E-state index >= 15 is 0 Å². The quantitative estimate of drug-likeness (QED) is 0.921. The largest absolute Gasteiger partial charge is 0.481 e. The molecule has 0 fully saturated rings. The number of hydrogen-bond donors (Lipinski definition) is 1. The molecule has 0 amide bonds. The number of halogens is 2. The van der Waals surface area contributed by atoms with Gasteiger partial charge < -0.3 is 5.11 Å². The fourth-order valence-electron chi connectivity index (χ4n) is 1.94. The Morgan fingerprint density at radius 2 is 1.79 bits per heavy atom. The second-order valence-electron chi connectivity index (χ2n) is 4.24. The molecule has 0 aliphatic carbocycles. The Morgan fingerprint density at radius 1 is 1.16 bits per heavy atom. The predicted octanol–water partition coefficient (Wildman–Crippen LogP) is 3.89. The van der Waals surface area contributed by atoms with Crippen LogP contribution in [-0.2, 0) is 11.2 Å². The molecule has 98 valence electrons. The molecule has 0 saturated heterocycles. The normalized spacial score (nSPS) is 12.1. The summed E-state index contributed by atoms with van der Waals surface area (Å²) in [5.41, 5.74) is 1.33. The third kappa shape index (κ3) is 3.32. The SMILES string of the molecule is O=C(O)C(Cc1ccc(F)cc1)c1ccccc1Cl. The zero-order valence-electron chi connectivity index (χ0n) is 10.0. The standard InChI is InChI=1S/C15H12ClFO2/c16-14-4-2-1-3-12(14)13(15(18)19)9-10-5-7-11(17)8-6-10/h1-8,13H,9H2,(H,18,19). The van der Waals surface area contributed by atoms with Crippen molar-refractivity contribution in [3.05, 3.63) is 70.5 Å². The molecule has 4 heteroatoms. The molecule has 0 heterocycles.